The summed E-state index contributed by atoms with van der Waals surface area (Å²) in [6, 6.07) is 4.42. The summed E-state index contributed by atoms with van der Waals surface area (Å²) in [5, 5.41) is 0. The molecular weight excluding hydrogens is 284 g/mol. The Balaban J connectivity index is 1.73. The van der Waals surface area contributed by atoms with E-state index in [0.29, 0.717) is 17.9 Å². The van der Waals surface area contributed by atoms with Crippen molar-refractivity contribution in [2.24, 2.45) is 5.92 Å². The first kappa shape index (κ1) is 15.1. The van der Waals surface area contributed by atoms with Crippen molar-refractivity contribution in [3.8, 4) is 11.5 Å². The molecule has 3 aliphatic rings. The zero-order valence-corrected chi connectivity index (χ0v) is 14.8. The van der Waals surface area contributed by atoms with Gasteiger partial charge in [0.05, 0.1) is 6.10 Å². The molecule has 4 rings (SSSR count). The molecule has 0 saturated heterocycles. The van der Waals surface area contributed by atoms with E-state index in [1.54, 1.807) is 0 Å². The molecule has 1 aromatic rings. The smallest absolute Gasteiger partial charge is 0.127 e. The summed E-state index contributed by atoms with van der Waals surface area (Å²) in [6.45, 7) is 8.84. The maximum absolute atomic E-state index is 6.65. The van der Waals surface area contributed by atoms with Crippen LogP contribution in [0, 0.1) is 12.8 Å². The second-order valence-electron chi connectivity index (χ2n) is 8.18. The van der Waals surface area contributed by atoms with E-state index in [0.717, 1.165) is 24.3 Å². The van der Waals surface area contributed by atoms with Crippen LogP contribution in [-0.2, 0) is 0 Å². The third kappa shape index (κ3) is 2.47. The van der Waals surface area contributed by atoms with Crippen LogP contribution >= 0.6 is 0 Å². The molecule has 0 amide bonds. The van der Waals surface area contributed by atoms with Crippen molar-refractivity contribution in [3.05, 3.63) is 34.9 Å². The monoisotopic (exact) mass is 312 g/mol. The number of hydrogen-bond acceptors (Lipinski definition) is 2. The van der Waals surface area contributed by atoms with Crippen LogP contribution in [0.4, 0.5) is 0 Å². The number of hydrogen-bond donors (Lipinski definition) is 0. The highest BCUT2D eigenvalue weighted by Gasteiger charge is 2.52. The predicted molar refractivity (Wildman–Crippen MR) is 93.4 cm³/mol. The van der Waals surface area contributed by atoms with Gasteiger partial charge in [0, 0.05) is 17.4 Å². The lowest BCUT2D eigenvalue weighted by Crippen LogP contribution is -2.51. The van der Waals surface area contributed by atoms with E-state index >= 15 is 0 Å². The number of benzene rings is 1. The van der Waals surface area contributed by atoms with Gasteiger partial charge in [-0.1, -0.05) is 11.6 Å². The highest BCUT2D eigenvalue weighted by molar-refractivity contribution is 5.53. The Morgan fingerprint density at radius 1 is 1.26 bits per heavy atom. The summed E-state index contributed by atoms with van der Waals surface area (Å²) in [5.74, 6) is 3.43. The van der Waals surface area contributed by atoms with Crippen molar-refractivity contribution in [1.29, 1.82) is 0 Å². The maximum Gasteiger partial charge on any atom is 0.127 e. The van der Waals surface area contributed by atoms with Gasteiger partial charge in [-0.15, -0.1) is 0 Å². The zero-order valence-electron chi connectivity index (χ0n) is 14.8. The molecule has 2 heteroatoms. The number of aryl methyl sites for hydroxylation is 1. The van der Waals surface area contributed by atoms with E-state index in [-0.39, 0.29) is 5.60 Å². The standard InChI is InChI=1S/C21H28O2/c1-13(2)6-5-9-21(4)17-8-7-15-12-16(17)20-18(22-15)10-14(3)11-19(20)23-21/h6,10-11,15-17H,5,7-9,12H2,1-4H3. The fourth-order valence-electron chi connectivity index (χ4n) is 4.96. The number of rotatable bonds is 3. The Hall–Kier alpha value is -1.44. The van der Waals surface area contributed by atoms with Crippen LogP contribution < -0.4 is 9.47 Å². The van der Waals surface area contributed by atoms with Crippen molar-refractivity contribution in [3.63, 3.8) is 0 Å². The molecule has 1 fully saturated rings. The van der Waals surface area contributed by atoms with Crippen molar-refractivity contribution >= 4 is 0 Å². The molecule has 1 saturated carbocycles. The first-order valence-corrected chi connectivity index (χ1v) is 9.10. The van der Waals surface area contributed by atoms with Gasteiger partial charge in [0.15, 0.2) is 0 Å². The van der Waals surface area contributed by atoms with Crippen molar-refractivity contribution < 1.29 is 9.47 Å². The van der Waals surface area contributed by atoms with Crippen LogP contribution in [-0.4, -0.2) is 11.7 Å². The van der Waals surface area contributed by atoms with Crippen molar-refractivity contribution in [1.82, 2.24) is 0 Å². The first-order chi connectivity index (χ1) is 11.0. The minimum atomic E-state index is -0.0447. The quantitative estimate of drug-likeness (QED) is 0.682. The van der Waals surface area contributed by atoms with Crippen LogP contribution in [0.5, 0.6) is 11.5 Å². The summed E-state index contributed by atoms with van der Waals surface area (Å²) in [7, 11) is 0. The van der Waals surface area contributed by atoms with Crippen LogP contribution in [0.15, 0.2) is 23.8 Å². The SMILES string of the molecule is CC(C)=CCCC1(C)Oc2cc(C)cc3c2C2CC(CCC21)O3. The lowest BCUT2D eigenvalue weighted by molar-refractivity contribution is -0.0557. The van der Waals surface area contributed by atoms with Gasteiger partial charge in [-0.05, 0) is 77.5 Å². The Bertz CT molecular complexity index is 656. The van der Waals surface area contributed by atoms with E-state index < -0.39 is 0 Å². The molecule has 2 nitrogen and oxygen atoms in total. The van der Waals surface area contributed by atoms with Gasteiger partial charge in [-0.25, -0.2) is 0 Å². The average molecular weight is 312 g/mol. The lowest BCUT2D eigenvalue weighted by atomic mass is 9.63. The number of allylic oxidation sites excluding steroid dienone is 2. The summed E-state index contributed by atoms with van der Waals surface area (Å²) in [5.41, 5.74) is 3.95. The van der Waals surface area contributed by atoms with Gasteiger partial charge in [-0.2, -0.15) is 0 Å². The van der Waals surface area contributed by atoms with E-state index in [9.17, 15) is 0 Å². The van der Waals surface area contributed by atoms with Crippen LogP contribution in [0.25, 0.3) is 0 Å². The number of fused-ring (bicyclic) bond motifs is 1. The molecule has 0 spiro atoms. The summed E-state index contributed by atoms with van der Waals surface area (Å²) >= 11 is 0. The van der Waals surface area contributed by atoms with Crippen molar-refractivity contribution in [2.75, 3.05) is 0 Å². The molecular formula is C21H28O2. The van der Waals surface area contributed by atoms with Crippen LogP contribution in [0.3, 0.4) is 0 Å². The molecule has 23 heavy (non-hydrogen) atoms. The van der Waals surface area contributed by atoms with E-state index in [4.69, 9.17) is 9.47 Å². The van der Waals surface area contributed by atoms with Gasteiger partial charge in [0.2, 0.25) is 0 Å². The fraction of sp³-hybridized carbons (Fsp3) is 0.619. The Morgan fingerprint density at radius 2 is 2.04 bits per heavy atom. The normalized spacial score (nSPS) is 33.5. The third-order valence-electron chi connectivity index (χ3n) is 6.04. The fourth-order valence-corrected chi connectivity index (χ4v) is 4.96. The second kappa shape index (κ2) is 5.29. The Morgan fingerprint density at radius 3 is 2.83 bits per heavy atom. The highest BCUT2D eigenvalue weighted by Crippen LogP contribution is 2.58. The molecule has 4 unspecified atom stereocenters. The van der Waals surface area contributed by atoms with Crippen molar-refractivity contribution in [2.45, 2.75) is 77.4 Å². The topological polar surface area (TPSA) is 18.5 Å². The van der Waals surface area contributed by atoms with E-state index in [2.05, 4.69) is 45.9 Å². The first-order valence-electron chi connectivity index (χ1n) is 9.10. The molecule has 1 aliphatic carbocycles. The zero-order chi connectivity index (χ0) is 16.2. The Labute approximate surface area is 139 Å². The van der Waals surface area contributed by atoms with Crippen LogP contribution in [0.1, 0.15) is 69.9 Å². The molecule has 0 radical (unpaired) electrons. The molecule has 2 heterocycles. The maximum atomic E-state index is 6.65. The minimum Gasteiger partial charge on any atom is -0.490 e. The average Bonchev–Trinajstić information content (AvgIpc) is 2.45. The predicted octanol–water partition coefficient (Wildman–Crippen LogP) is 5.54. The molecule has 0 N–H and O–H groups in total. The largest absolute Gasteiger partial charge is 0.490 e. The highest BCUT2D eigenvalue weighted by atomic mass is 16.5. The summed E-state index contributed by atoms with van der Waals surface area (Å²) in [4.78, 5) is 0. The minimum absolute atomic E-state index is 0.0447. The van der Waals surface area contributed by atoms with E-state index in [1.807, 2.05) is 0 Å². The van der Waals surface area contributed by atoms with Gasteiger partial charge in [0.25, 0.3) is 0 Å². The molecule has 4 atom stereocenters. The second-order valence-corrected chi connectivity index (χ2v) is 8.18. The number of ether oxygens (including phenoxy) is 2. The lowest BCUT2D eigenvalue weighted by Gasteiger charge is -2.53. The van der Waals surface area contributed by atoms with Gasteiger partial charge in [-0.3, -0.25) is 0 Å². The summed E-state index contributed by atoms with van der Waals surface area (Å²) in [6.07, 6.45) is 8.55. The molecule has 2 aliphatic heterocycles. The molecule has 124 valence electrons. The van der Waals surface area contributed by atoms with Crippen LogP contribution in [0.2, 0.25) is 0 Å². The van der Waals surface area contributed by atoms with Gasteiger partial charge in [0.1, 0.15) is 17.1 Å². The molecule has 1 aromatic carbocycles. The molecule has 0 aromatic heterocycles. The van der Waals surface area contributed by atoms with Gasteiger partial charge < -0.3 is 9.47 Å². The molecule has 2 bridgehead atoms. The van der Waals surface area contributed by atoms with Gasteiger partial charge >= 0.3 is 0 Å². The summed E-state index contributed by atoms with van der Waals surface area (Å²) < 4.78 is 12.9. The van der Waals surface area contributed by atoms with E-state index in [1.165, 1.54) is 36.0 Å². The third-order valence-corrected chi connectivity index (χ3v) is 6.04. The Kier molecular flexibility index (Phi) is 3.48.